The molecular weight excluding hydrogens is 216 g/mol. The van der Waals surface area contributed by atoms with Crippen molar-refractivity contribution in [1.29, 1.82) is 0 Å². The topological polar surface area (TPSA) is 64.3 Å². The molecule has 3 N–H and O–H groups in total. The second-order valence-corrected chi connectivity index (χ2v) is 4.22. The van der Waals surface area contributed by atoms with Crippen LogP contribution in [0.4, 0.5) is 5.69 Å². The van der Waals surface area contributed by atoms with E-state index in [-0.39, 0.29) is 11.8 Å². The molecule has 1 fully saturated rings. The van der Waals surface area contributed by atoms with Gasteiger partial charge >= 0.3 is 0 Å². The van der Waals surface area contributed by atoms with Crippen LogP contribution in [0.1, 0.15) is 25.3 Å². The van der Waals surface area contributed by atoms with Gasteiger partial charge in [-0.1, -0.05) is 0 Å². The third kappa shape index (κ3) is 2.97. The molecule has 4 heteroatoms. The van der Waals surface area contributed by atoms with Crippen molar-refractivity contribution in [3.05, 3.63) is 23.8 Å². The quantitative estimate of drug-likeness (QED) is 0.817. The van der Waals surface area contributed by atoms with Gasteiger partial charge in [-0.05, 0) is 38.0 Å². The molecule has 0 aromatic heterocycles. The number of hydrogen-bond acceptors (Lipinski definition) is 3. The van der Waals surface area contributed by atoms with E-state index in [2.05, 4.69) is 5.32 Å². The molecule has 1 saturated carbocycles. The molecule has 0 unspecified atom stereocenters. The summed E-state index contributed by atoms with van der Waals surface area (Å²) in [6.45, 7) is 2.95. The molecule has 92 valence electrons. The number of carbonyl (C=O) groups excluding carboxylic acids is 1. The summed E-state index contributed by atoms with van der Waals surface area (Å²) < 4.78 is 5.45. The number of anilines is 1. The number of nitrogens with two attached hydrogens (primary N) is 1. The Hall–Kier alpha value is -1.55. The lowest BCUT2D eigenvalue weighted by atomic mass is 10.1. The van der Waals surface area contributed by atoms with Crippen LogP contribution in [-0.2, 0) is 11.3 Å². The maximum absolute atomic E-state index is 11.6. The molecule has 1 aromatic rings. The number of carbonyl (C=O) groups is 1. The largest absolute Gasteiger partial charge is 0.494 e. The van der Waals surface area contributed by atoms with Crippen LogP contribution in [0.2, 0.25) is 0 Å². The van der Waals surface area contributed by atoms with Gasteiger partial charge in [0.25, 0.3) is 0 Å². The van der Waals surface area contributed by atoms with Gasteiger partial charge in [-0.2, -0.15) is 0 Å². The number of benzene rings is 1. The summed E-state index contributed by atoms with van der Waals surface area (Å²) in [5, 5.41) is 2.90. The third-order valence-corrected chi connectivity index (χ3v) is 2.80. The average molecular weight is 234 g/mol. The molecule has 0 radical (unpaired) electrons. The van der Waals surface area contributed by atoms with E-state index in [1.54, 1.807) is 0 Å². The van der Waals surface area contributed by atoms with Crippen LogP contribution in [0, 0.1) is 5.92 Å². The molecule has 0 bridgehead atoms. The van der Waals surface area contributed by atoms with Gasteiger partial charge < -0.3 is 15.8 Å². The summed E-state index contributed by atoms with van der Waals surface area (Å²) in [4.78, 5) is 11.6. The fourth-order valence-electron chi connectivity index (χ4n) is 1.70. The van der Waals surface area contributed by atoms with Crippen LogP contribution < -0.4 is 15.8 Å². The van der Waals surface area contributed by atoms with E-state index in [9.17, 15) is 4.79 Å². The van der Waals surface area contributed by atoms with Crippen molar-refractivity contribution in [1.82, 2.24) is 0 Å². The fraction of sp³-hybridized carbons (Fsp3) is 0.462. The van der Waals surface area contributed by atoms with Gasteiger partial charge in [-0.15, -0.1) is 0 Å². The first-order valence-electron chi connectivity index (χ1n) is 6.01. The Labute approximate surface area is 101 Å². The third-order valence-electron chi connectivity index (χ3n) is 2.80. The Bertz CT molecular complexity index is 414. The second-order valence-electron chi connectivity index (χ2n) is 4.22. The standard InChI is InChI=1S/C13H18N2O2/c1-2-17-12-6-5-11(7-10(12)8-14)15-13(16)9-3-4-9/h5-7,9H,2-4,8,14H2,1H3,(H,15,16). The van der Waals surface area contributed by atoms with Crippen molar-refractivity contribution in [2.24, 2.45) is 11.7 Å². The number of nitrogens with one attached hydrogen (secondary N) is 1. The summed E-state index contributed by atoms with van der Waals surface area (Å²) >= 11 is 0. The van der Waals surface area contributed by atoms with Crippen LogP contribution in [0.15, 0.2) is 18.2 Å². The van der Waals surface area contributed by atoms with Gasteiger partial charge in [0.15, 0.2) is 0 Å². The molecule has 1 aliphatic carbocycles. The summed E-state index contributed by atoms with van der Waals surface area (Å²) in [6, 6.07) is 5.59. The van der Waals surface area contributed by atoms with Crippen molar-refractivity contribution >= 4 is 11.6 Å². The van der Waals surface area contributed by atoms with Gasteiger partial charge in [0.05, 0.1) is 6.61 Å². The number of rotatable bonds is 5. The number of amides is 1. The minimum absolute atomic E-state index is 0.108. The Balaban J connectivity index is 2.09. The lowest BCUT2D eigenvalue weighted by Gasteiger charge is -2.11. The molecule has 0 spiro atoms. The highest BCUT2D eigenvalue weighted by molar-refractivity contribution is 5.94. The zero-order chi connectivity index (χ0) is 12.3. The van der Waals surface area contributed by atoms with Gasteiger partial charge in [0, 0.05) is 23.7 Å². The van der Waals surface area contributed by atoms with E-state index in [0.717, 1.165) is 29.8 Å². The first-order valence-corrected chi connectivity index (χ1v) is 6.01. The first-order chi connectivity index (χ1) is 8.24. The van der Waals surface area contributed by atoms with Gasteiger partial charge in [0.2, 0.25) is 5.91 Å². The SMILES string of the molecule is CCOc1ccc(NC(=O)C2CC2)cc1CN. The van der Waals surface area contributed by atoms with Crippen LogP contribution >= 0.6 is 0 Å². The predicted octanol–water partition coefficient (Wildman–Crippen LogP) is 1.89. The molecule has 2 rings (SSSR count). The van der Waals surface area contributed by atoms with Crippen LogP contribution in [0.25, 0.3) is 0 Å². The zero-order valence-corrected chi connectivity index (χ0v) is 10.0. The molecular formula is C13H18N2O2. The van der Waals surface area contributed by atoms with Crippen LogP contribution in [0.3, 0.4) is 0 Å². The van der Waals surface area contributed by atoms with Gasteiger partial charge in [-0.3, -0.25) is 4.79 Å². The summed E-state index contributed by atoms with van der Waals surface area (Å²) in [5.74, 6) is 1.11. The highest BCUT2D eigenvalue weighted by Gasteiger charge is 2.29. The summed E-state index contributed by atoms with van der Waals surface area (Å²) in [5.41, 5.74) is 7.37. The Morgan fingerprint density at radius 2 is 2.29 bits per heavy atom. The normalized spacial score (nSPS) is 14.5. The Kier molecular flexibility index (Phi) is 3.64. The Morgan fingerprint density at radius 3 is 2.88 bits per heavy atom. The van der Waals surface area contributed by atoms with E-state index < -0.39 is 0 Å². The molecule has 17 heavy (non-hydrogen) atoms. The van der Waals surface area contributed by atoms with Crippen molar-refractivity contribution in [2.75, 3.05) is 11.9 Å². The average Bonchev–Trinajstić information content (AvgIpc) is 3.15. The minimum atomic E-state index is 0.108. The molecule has 4 nitrogen and oxygen atoms in total. The lowest BCUT2D eigenvalue weighted by molar-refractivity contribution is -0.117. The van der Waals surface area contributed by atoms with Crippen LogP contribution in [-0.4, -0.2) is 12.5 Å². The molecule has 0 saturated heterocycles. The van der Waals surface area contributed by atoms with Gasteiger partial charge in [-0.25, -0.2) is 0 Å². The van der Waals surface area contributed by atoms with E-state index in [1.165, 1.54) is 0 Å². The molecule has 0 aliphatic heterocycles. The predicted molar refractivity (Wildman–Crippen MR) is 66.9 cm³/mol. The molecule has 1 aliphatic rings. The highest BCUT2D eigenvalue weighted by Crippen LogP contribution is 2.31. The lowest BCUT2D eigenvalue weighted by Crippen LogP contribution is -2.14. The zero-order valence-electron chi connectivity index (χ0n) is 10.0. The van der Waals surface area contributed by atoms with E-state index >= 15 is 0 Å². The van der Waals surface area contributed by atoms with Crippen molar-refractivity contribution in [3.63, 3.8) is 0 Å². The van der Waals surface area contributed by atoms with E-state index in [4.69, 9.17) is 10.5 Å². The maximum Gasteiger partial charge on any atom is 0.227 e. The molecule has 1 aromatic carbocycles. The second kappa shape index (κ2) is 5.19. The van der Waals surface area contributed by atoms with Crippen molar-refractivity contribution < 1.29 is 9.53 Å². The molecule has 1 amide bonds. The monoisotopic (exact) mass is 234 g/mol. The fourth-order valence-corrected chi connectivity index (χ4v) is 1.70. The number of ether oxygens (including phenoxy) is 1. The van der Waals surface area contributed by atoms with Crippen molar-refractivity contribution in [3.8, 4) is 5.75 Å². The molecule has 0 atom stereocenters. The van der Waals surface area contributed by atoms with Crippen LogP contribution in [0.5, 0.6) is 5.75 Å². The van der Waals surface area contributed by atoms with E-state index in [1.807, 2.05) is 25.1 Å². The summed E-state index contributed by atoms with van der Waals surface area (Å²) in [7, 11) is 0. The Morgan fingerprint density at radius 1 is 1.53 bits per heavy atom. The highest BCUT2D eigenvalue weighted by atomic mass is 16.5. The minimum Gasteiger partial charge on any atom is -0.494 e. The first kappa shape index (κ1) is 11.9. The number of hydrogen-bond donors (Lipinski definition) is 2. The maximum atomic E-state index is 11.6. The molecule has 0 heterocycles. The van der Waals surface area contributed by atoms with Gasteiger partial charge in [0.1, 0.15) is 5.75 Å². The van der Waals surface area contributed by atoms with E-state index in [0.29, 0.717) is 13.2 Å². The smallest absolute Gasteiger partial charge is 0.227 e. The summed E-state index contributed by atoms with van der Waals surface area (Å²) in [6.07, 6.45) is 2.01. The van der Waals surface area contributed by atoms with Crippen molar-refractivity contribution in [2.45, 2.75) is 26.3 Å².